The molecule has 1 heterocycles. The summed E-state index contributed by atoms with van der Waals surface area (Å²) in [6, 6.07) is 7.58. The fraction of sp³-hybridized carbons (Fsp3) is 0.438. The number of para-hydroxylation sites is 1. The van der Waals surface area contributed by atoms with Gasteiger partial charge in [-0.2, -0.15) is 0 Å². The van der Waals surface area contributed by atoms with E-state index in [4.69, 9.17) is 11.6 Å². The average molecular weight is 292 g/mol. The molecule has 106 valence electrons. The van der Waals surface area contributed by atoms with Gasteiger partial charge in [0.05, 0.1) is 5.52 Å². The first-order valence-corrected chi connectivity index (χ1v) is 7.56. The number of carbonyl (C=O) groups is 1. The van der Waals surface area contributed by atoms with Crippen LogP contribution in [0.2, 0.25) is 5.15 Å². The van der Waals surface area contributed by atoms with E-state index in [1.807, 2.05) is 28.8 Å². The molecule has 1 aliphatic carbocycles. The smallest absolute Gasteiger partial charge is 0.339 e. The molecular weight excluding hydrogens is 274 g/mol. The van der Waals surface area contributed by atoms with Gasteiger partial charge in [0, 0.05) is 11.9 Å². The molecule has 1 N–H and O–H groups in total. The van der Waals surface area contributed by atoms with E-state index in [0.717, 1.165) is 17.4 Å². The van der Waals surface area contributed by atoms with Crippen molar-refractivity contribution in [2.24, 2.45) is 5.92 Å². The molecule has 20 heavy (non-hydrogen) atoms. The van der Waals surface area contributed by atoms with Crippen molar-refractivity contribution in [1.82, 2.24) is 4.57 Å². The van der Waals surface area contributed by atoms with Crippen molar-refractivity contribution in [2.45, 2.75) is 38.6 Å². The molecular formula is C16H18ClNO2. The summed E-state index contributed by atoms with van der Waals surface area (Å²) >= 11 is 6.35. The number of aromatic nitrogens is 1. The normalized spacial score (nSPS) is 16.6. The van der Waals surface area contributed by atoms with Crippen LogP contribution in [-0.4, -0.2) is 15.6 Å². The van der Waals surface area contributed by atoms with Crippen LogP contribution in [0.25, 0.3) is 10.9 Å². The van der Waals surface area contributed by atoms with Crippen LogP contribution >= 0.6 is 11.6 Å². The minimum atomic E-state index is -0.950. The van der Waals surface area contributed by atoms with Gasteiger partial charge in [-0.05, 0) is 24.8 Å². The second kappa shape index (κ2) is 5.49. The number of carboxylic acids is 1. The standard InChI is InChI=1S/C16H18ClNO2/c17-15-14(16(19)20)12-8-4-5-9-13(12)18(15)10-11-6-2-1-3-7-11/h4-5,8-9,11H,1-3,6-7,10H2,(H,19,20). The summed E-state index contributed by atoms with van der Waals surface area (Å²) < 4.78 is 1.98. The number of benzene rings is 1. The SMILES string of the molecule is O=C(O)c1c(Cl)n(CC2CCCCC2)c2ccccc12. The molecule has 2 aromatic rings. The zero-order valence-corrected chi connectivity index (χ0v) is 12.1. The molecule has 1 aromatic carbocycles. The Balaban J connectivity index is 2.05. The van der Waals surface area contributed by atoms with E-state index in [2.05, 4.69) is 0 Å². The molecule has 0 aliphatic heterocycles. The maximum Gasteiger partial charge on any atom is 0.339 e. The molecule has 1 aliphatic rings. The minimum absolute atomic E-state index is 0.234. The third kappa shape index (κ3) is 2.31. The van der Waals surface area contributed by atoms with Gasteiger partial charge in [0.15, 0.2) is 0 Å². The van der Waals surface area contributed by atoms with Gasteiger partial charge in [0.1, 0.15) is 10.7 Å². The van der Waals surface area contributed by atoms with Gasteiger partial charge in [-0.1, -0.05) is 49.1 Å². The predicted octanol–water partition coefficient (Wildman–Crippen LogP) is 4.57. The summed E-state index contributed by atoms with van der Waals surface area (Å²) in [5.41, 5.74) is 1.17. The van der Waals surface area contributed by atoms with Crippen molar-refractivity contribution in [3.05, 3.63) is 35.0 Å². The number of aromatic carboxylic acids is 1. The van der Waals surface area contributed by atoms with Crippen molar-refractivity contribution in [2.75, 3.05) is 0 Å². The first kappa shape index (κ1) is 13.5. The second-order valence-corrected chi connectivity index (χ2v) is 5.96. The minimum Gasteiger partial charge on any atom is -0.478 e. The van der Waals surface area contributed by atoms with Crippen molar-refractivity contribution in [1.29, 1.82) is 0 Å². The molecule has 1 aromatic heterocycles. The molecule has 0 atom stereocenters. The van der Waals surface area contributed by atoms with E-state index in [0.29, 0.717) is 11.1 Å². The van der Waals surface area contributed by atoms with Crippen molar-refractivity contribution < 1.29 is 9.90 Å². The first-order valence-electron chi connectivity index (χ1n) is 7.18. The largest absolute Gasteiger partial charge is 0.478 e. The first-order chi connectivity index (χ1) is 9.68. The summed E-state index contributed by atoms with van der Waals surface area (Å²) in [5.74, 6) is -0.340. The molecule has 0 bridgehead atoms. The zero-order valence-electron chi connectivity index (χ0n) is 11.3. The Bertz CT molecular complexity index is 641. The van der Waals surface area contributed by atoms with Crippen LogP contribution in [0, 0.1) is 5.92 Å². The van der Waals surface area contributed by atoms with Gasteiger partial charge in [-0.15, -0.1) is 0 Å². The summed E-state index contributed by atoms with van der Waals surface area (Å²) in [6.45, 7) is 0.826. The topological polar surface area (TPSA) is 42.2 Å². The number of fused-ring (bicyclic) bond motifs is 1. The lowest BCUT2D eigenvalue weighted by Gasteiger charge is -2.23. The Labute approximate surface area is 123 Å². The lowest BCUT2D eigenvalue weighted by atomic mass is 9.89. The van der Waals surface area contributed by atoms with E-state index in [9.17, 15) is 9.90 Å². The Morgan fingerprint density at radius 1 is 1.25 bits per heavy atom. The van der Waals surface area contributed by atoms with E-state index < -0.39 is 5.97 Å². The van der Waals surface area contributed by atoms with Gasteiger partial charge in [0.2, 0.25) is 0 Å². The molecule has 0 spiro atoms. The van der Waals surface area contributed by atoms with Crippen LogP contribution in [0.15, 0.2) is 24.3 Å². The number of halogens is 1. The van der Waals surface area contributed by atoms with E-state index in [1.165, 1.54) is 32.1 Å². The zero-order chi connectivity index (χ0) is 14.1. The van der Waals surface area contributed by atoms with Crippen LogP contribution in [0.5, 0.6) is 0 Å². The fourth-order valence-corrected chi connectivity index (χ4v) is 3.62. The molecule has 3 nitrogen and oxygen atoms in total. The van der Waals surface area contributed by atoms with Crippen LogP contribution in [-0.2, 0) is 6.54 Å². The third-order valence-corrected chi connectivity index (χ3v) is 4.68. The van der Waals surface area contributed by atoms with Crippen molar-refractivity contribution >= 4 is 28.5 Å². The van der Waals surface area contributed by atoms with Gasteiger partial charge in [-0.25, -0.2) is 4.79 Å². The molecule has 0 unspecified atom stereocenters. The van der Waals surface area contributed by atoms with Crippen molar-refractivity contribution in [3.63, 3.8) is 0 Å². The average Bonchev–Trinajstić information content (AvgIpc) is 2.73. The van der Waals surface area contributed by atoms with Crippen molar-refractivity contribution in [3.8, 4) is 0 Å². The summed E-state index contributed by atoms with van der Waals surface area (Å²) in [5, 5.41) is 10.5. The lowest BCUT2D eigenvalue weighted by molar-refractivity contribution is 0.0699. The molecule has 0 saturated heterocycles. The highest BCUT2D eigenvalue weighted by Crippen LogP contribution is 2.33. The highest BCUT2D eigenvalue weighted by atomic mass is 35.5. The quantitative estimate of drug-likeness (QED) is 0.900. The highest BCUT2D eigenvalue weighted by Gasteiger charge is 2.23. The third-order valence-electron chi connectivity index (χ3n) is 4.29. The summed E-state index contributed by atoms with van der Waals surface area (Å²) in [7, 11) is 0. The summed E-state index contributed by atoms with van der Waals surface area (Å²) in [6.07, 6.45) is 6.29. The molecule has 1 saturated carbocycles. The maximum atomic E-state index is 11.4. The van der Waals surface area contributed by atoms with Crippen LogP contribution in [0.3, 0.4) is 0 Å². The fourth-order valence-electron chi connectivity index (χ4n) is 3.28. The number of rotatable bonds is 3. The summed E-state index contributed by atoms with van der Waals surface area (Å²) in [4.78, 5) is 11.4. The molecule has 4 heteroatoms. The Morgan fingerprint density at radius 2 is 1.95 bits per heavy atom. The molecule has 0 amide bonds. The Morgan fingerprint density at radius 3 is 2.65 bits per heavy atom. The van der Waals surface area contributed by atoms with E-state index >= 15 is 0 Å². The van der Waals surface area contributed by atoms with Gasteiger partial charge in [-0.3, -0.25) is 0 Å². The Hall–Kier alpha value is -1.48. The number of carboxylic acid groups (broad SMARTS) is 1. The van der Waals surface area contributed by atoms with Crippen LogP contribution < -0.4 is 0 Å². The number of nitrogens with zero attached hydrogens (tertiary/aromatic N) is 1. The number of hydrogen-bond acceptors (Lipinski definition) is 1. The predicted molar refractivity (Wildman–Crippen MR) is 80.5 cm³/mol. The van der Waals surface area contributed by atoms with Gasteiger partial charge in [0.25, 0.3) is 0 Å². The molecule has 1 fully saturated rings. The second-order valence-electron chi connectivity index (χ2n) is 5.60. The Kier molecular flexibility index (Phi) is 3.70. The van der Waals surface area contributed by atoms with E-state index in [1.54, 1.807) is 0 Å². The number of hydrogen-bond donors (Lipinski definition) is 1. The maximum absolute atomic E-state index is 11.4. The van der Waals surface area contributed by atoms with Crippen LogP contribution in [0.1, 0.15) is 42.5 Å². The van der Waals surface area contributed by atoms with Crippen LogP contribution in [0.4, 0.5) is 0 Å². The highest BCUT2D eigenvalue weighted by molar-refractivity contribution is 6.35. The molecule has 3 rings (SSSR count). The molecule has 0 radical (unpaired) electrons. The lowest BCUT2D eigenvalue weighted by Crippen LogP contribution is -2.14. The van der Waals surface area contributed by atoms with Gasteiger partial charge >= 0.3 is 5.97 Å². The monoisotopic (exact) mass is 291 g/mol. The van der Waals surface area contributed by atoms with Gasteiger partial charge < -0.3 is 9.67 Å². The van der Waals surface area contributed by atoms with E-state index in [-0.39, 0.29) is 5.56 Å².